The third-order valence-corrected chi connectivity index (χ3v) is 7.97. The Bertz CT molecular complexity index is 1940. The fourth-order valence-corrected chi connectivity index (χ4v) is 5.47. The zero-order valence-corrected chi connectivity index (χ0v) is 26.5. The second-order valence-electron chi connectivity index (χ2n) is 11.5. The summed E-state index contributed by atoms with van der Waals surface area (Å²) in [6.45, 7) is 0.946. The number of alkyl halides is 4. The molecule has 1 aliphatic rings. The van der Waals surface area contributed by atoms with Crippen molar-refractivity contribution in [3.8, 4) is 0 Å². The van der Waals surface area contributed by atoms with Crippen LogP contribution in [0.2, 0.25) is 0 Å². The molecule has 0 saturated carbocycles. The summed E-state index contributed by atoms with van der Waals surface area (Å²) in [6.07, 6.45) is 0.559. The van der Waals surface area contributed by atoms with Crippen molar-refractivity contribution in [3.63, 3.8) is 0 Å². The molecule has 246 valence electrons. The lowest BCUT2D eigenvalue weighted by molar-refractivity contribution is -0.142. The van der Waals surface area contributed by atoms with Gasteiger partial charge in [-0.1, -0.05) is 41.4 Å². The molecule has 1 atom stereocenters. The predicted molar refractivity (Wildman–Crippen MR) is 170 cm³/mol. The van der Waals surface area contributed by atoms with E-state index in [0.29, 0.717) is 22.0 Å². The fourth-order valence-electron chi connectivity index (χ4n) is 5.34. The number of hydrogen-bond acceptors (Lipinski definition) is 9. The Labute approximate surface area is 276 Å². The second kappa shape index (κ2) is 13.2. The van der Waals surface area contributed by atoms with E-state index in [0.717, 1.165) is 4.90 Å². The average Bonchev–Trinajstić information content (AvgIpc) is 3.36. The number of aromatic nitrogens is 1. The van der Waals surface area contributed by atoms with Gasteiger partial charge in [0, 0.05) is 35.1 Å². The van der Waals surface area contributed by atoms with Crippen molar-refractivity contribution in [3.05, 3.63) is 82.3 Å². The van der Waals surface area contributed by atoms with Gasteiger partial charge in [0.25, 0.3) is 11.8 Å². The smallest absolute Gasteiger partial charge is 0.342 e. The van der Waals surface area contributed by atoms with E-state index >= 15 is 0 Å². The van der Waals surface area contributed by atoms with Crippen molar-refractivity contribution >= 4 is 74.3 Å². The number of likely N-dealkylation sites (tertiary alicyclic amines) is 1. The lowest BCUT2D eigenvalue weighted by atomic mass is 9.91. The molecule has 0 spiro atoms. The molecule has 5 rings (SSSR count). The molecular weight excluding hydrogens is 661 g/mol. The number of pyridine rings is 1. The monoisotopic (exact) mass is 688 g/mol. The van der Waals surface area contributed by atoms with Gasteiger partial charge in [0.15, 0.2) is 5.78 Å². The molecule has 2 amide bonds. The number of hydrogen-bond donors (Lipinski definition) is 2. The lowest BCUT2D eigenvalue weighted by Gasteiger charge is -2.32. The Morgan fingerprint density at radius 2 is 1.87 bits per heavy atom. The molecule has 3 heterocycles. The van der Waals surface area contributed by atoms with E-state index in [-0.39, 0.29) is 16.7 Å². The number of ketones is 1. The number of Topliss-reactive ketones (excluding diaryl/α,β-unsaturated/α-hetero) is 1. The van der Waals surface area contributed by atoms with E-state index in [9.17, 15) is 32.8 Å². The summed E-state index contributed by atoms with van der Waals surface area (Å²) < 4.78 is 39.5. The molecule has 11 nitrogen and oxygen atoms in total. The number of esters is 1. The van der Waals surface area contributed by atoms with E-state index in [4.69, 9.17) is 32.4 Å². The van der Waals surface area contributed by atoms with Crippen LogP contribution in [-0.4, -0.2) is 68.9 Å². The summed E-state index contributed by atoms with van der Waals surface area (Å²) in [5.41, 5.74) is -0.935. The van der Waals surface area contributed by atoms with Gasteiger partial charge in [0.2, 0.25) is 10.7 Å². The van der Waals surface area contributed by atoms with Crippen LogP contribution in [-0.2, 0) is 25.7 Å². The normalized spacial score (nSPS) is 16.0. The van der Waals surface area contributed by atoms with Crippen LogP contribution in [0.4, 0.5) is 14.5 Å². The Balaban J connectivity index is 1.28. The lowest BCUT2D eigenvalue weighted by Crippen LogP contribution is -2.53. The first-order valence-corrected chi connectivity index (χ1v) is 15.2. The van der Waals surface area contributed by atoms with Crippen molar-refractivity contribution in [2.45, 2.75) is 49.2 Å². The van der Waals surface area contributed by atoms with Crippen LogP contribution in [0, 0.1) is 0 Å². The Kier molecular flexibility index (Phi) is 9.51. The van der Waals surface area contributed by atoms with Crippen LogP contribution >= 0.6 is 23.2 Å². The van der Waals surface area contributed by atoms with Crippen molar-refractivity contribution in [2.24, 2.45) is 0 Å². The van der Waals surface area contributed by atoms with Gasteiger partial charge in [-0.3, -0.25) is 19.4 Å². The quantitative estimate of drug-likeness (QED) is 0.138. The maximum atomic E-state index is 14.7. The number of anilines is 1. The number of ether oxygens (including phenoxy) is 1. The van der Waals surface area contributed by atoms with Gasteiger partial charge >= 0.3 is 11.6 Å². The summed E-state index contributed by atoms with van der Waals surface area (Å²) in [5, 5.41) is 6.48. The largest absolute Gasteiger partial charge is 0.459 e. The molecule has 15 heteroatoms. The molecule has 2 aromatic carbocycles. The molecule has 0 bridgehead atoms. The number of carbonyl (C=O) groups is 4. The Morgan fingerprint density at radius 3 is 2.62 bits per heavy atom. The average molecular weight is 689 g/mol. The third-order valence-electron chi connectivity index (χ3n) is 7.62. The topological polar surface area (TPSA) is 148 Å². The first-order chi connectivity index (χ1) is 22.1. The molecule has 1 aliphatic heterocycles. The highest BCUT2D eigenvalue weighted by Gasteiger charge is 2.52. The molecule has 2 N–H and O–H groups in total. The third kappa shape index (κ3) is 7.52. The highest BCUT2D eigenvalue weighted by Crippen LogP contribution is 2.35. The number of nitrogens with zero attached hydrogens (tertiary/aromatic N) is 2. The number of fused-ring (bicyclic) bond motifs is 2. The maximum Gasteiger partial charge on any atom is 0.342 e. The van der Waals surface area contributed by atoms with Gasteiger partial charge in [-0.15, -0.1) is 0 Å². The minimum atomic E-state index is -3.33. The molecule has 0 radical (unpaired) electrons. The standard InChI is InChI=1S/C32H28Cl2F2N4O7/c1-31(2,39-19-8-7-17-11-18(15-46-30(45)27(33)34)29(44)47-24(17)12-19)26(42)23-13-32(35,36)16-40(23)25(41)14-38-28(43)21-9-10-37-22-6-4-3-5-20(21)22/h3-12,23,27,39H,13-16H2,1-2H3,(H,38,43). The van der Waals surface area contributed by atoms with E-state index in [1.807, 2.05) is 0 Å². The maximum absolute atomic E-state index is 14.7. The van der Waals surface area contributed by atoms with Crippen molar-refractivity contribution in [2.75, 3.05) is 18.4 Å². The summed E-state index contributed by atoms with van der Waals surface area (Å²) >= 11 is 10.9. The highest BCUT2D eigenvalue weighted by molar-refractivity contribution is 6.52. The van der Waals surface area contributed by atoms with Crippen molar-refractivity contribution in [1.82, 2.24) is 15.2 Å². The predicted octanol–water partition coefficient (Wildman–Crippen LogP) is 4.61. The number of halogens is 4. The number of rotatable bonds is 10. The van der Waals surface area contributed by atoms with Crippen molar-refractivity contribution in [1.29, 1.82) is 0 Å². The SMILES string of the molecule is CC(C)(Nc1ccc2cc(COC(=O)C(Cl)Cl)c(=O)oc2c1)C(=O)C1CC(F)(F)CN1C(=O)CNC(=O)c1ccnc2ccccc12. The zero-order valence-electron chi connectivity index (χ0n) is 25.0. The molecule has 4 aromatic rings. The van der Waals surface area contributed by atoms with Crippen LogP contribution in [0.3, 0.4) is 0 Å². The number of para-hydroxylation sites is 1. The number of nitrogens with one attached hydrogen (secondary N) is 2. The van der Waals surface area contributed by atoms with Gasteiger partial charge in [-0.25, -0.2) is 18.4 Å². The van der Waals surface area contributed by atoms with Crippen molar-refractivity contribution < 1.29 is 37.1 Å². The minimum Gasteiger partial charge on any atom is -0.459 e. The van der Waals surface area contributed by atoms with E-state index in [2.05, 4.69) is 15.6 Å². The van der Waals surface area contributed by atoms with E-state index < -0.39 is 77.6 Å². The van der Waals surface area contributed by atoms with Gasteiger partial charge in [-0.2, -0.15) is 0 Å². The fraction of sp³-hybridized carbons (Fsp3) is 0.312. The van der Waals surface area contributed by atoms with Crippen LogP contribution in [0.25, 0.3) is 21.9 Å². The molecule has 0 aliphatic carbocycles. The van der Waals surface area contributed by atoms with E-state index in [1.54, 1.807) is 36.4 Å². The van der Waals surface area contributed by atoms with Gasteiger partial charge in [-0.05, 0) is 44.2 Å². The molecular formula is C32H28Cl2F2N4O7. The summed E-state index contributed by atoms with van der Waals surface area (Å²) in [4.78, 5) is 67.3. The number of benzene rings is 2. The van der Waals surface area contributed by atoms with Gasteiger partial charge < -0.3 is 24.7 Å². The summed E-state index contributed by atoms with van der Waals surface area (Å²) in [6, 6.07) is 13.0. The molecule has 1 unspecified atom stereocenters. The number of carbonyl (C=O) groups excluding carboxylic acids is 4. The van der Waals surface area contributed by atoms with E-state index in [1.165, 1.54) is 38.2 Å². The molecule has 47 heavy (non-hydrogen) atoms. The van der Waals surface area contributed by atoms with Crippen LogP contribution in [0.5, 0.6) is 0 Å². The first kappa shape index (κ1) is 33.7. The summed E-state index contributed by atoms with van der Waals surface area (Å²) in [5.74, 6) is -6.38. The second-order valence-corrected chi connectivity index (χ2v) is 12.6. The zero-order chi connectivity index (χ0) is 34.1. The molecule has 2 aromatic heterocycles. The molecule has 1 fully saturated rings. The van der Waals surface area contributed by atoms with Gasteiger partial charge in [0.1, 0.15) is 12.2 Å². The van der Waals surface area contributed by atoms with Gasteiger partial charge in [0.05, 0.1) is 41.3 Å². The number of amides is 2. The summed E-state index contributed by atoms with van der Waals surface area (Å²) in [7, 11) is 0. The molecule has 1 saturated heterocycles. The van der Waals surface area contributed by atoms with Crippen LogP contribution < -0.4 is 16.3 Å². The van der Waals surface area contributed by atoms with Crippen LogP contribution in [0.1, 0.15) is 36.2 Å². The first-order valence-electron chi connectivity index (χ1n) is 14.3. The Hall–Kier alpha value is -4.62. The Morgan fingerprint density at radius 1 is 1.13 bits per heavy atom. The minimum absolute atomic E-state index is 0.0355. The highest BCUT2D eigenvalue weighted by atomic mass is 35.5. The van der Waals surface area contributed by atoms with Crippen LogP contribution in [0.15, 0.2) is 70.0 Å².